The number of Topliss-reactive ketones (excluding diaryl/α,β-unsaturated/α-hetero) is 1. The molecule has 0 aromatic rings. The molecule has 192 valence electrons. The standard InChI is InChI=1S/C25H42N4O5/c1-3-18(2)17-20(21(30)22(31)26-19-9-5-6-10-19)27-23(32)25(11-7-4-8-12-25)28-24(33)29-13-15-34-16-14-29/h18-20H,3-17H2,1-2H3,(H,26,31)(H,27,32)(H,28,33)/t18-,20?/m0/s1. The lowest BCUT2D eigenvalue weighted by Gasteiger charge is -2.39. The Bertz CT molecular complexity index is 725. The molecule has 0 aromatic heterocycles. The Kier molecular flexibility index (Phi) is 9.74. The zero-order valence-corrected chi connectivity index (χ0v) is 20.8. The first-order chi connectivity index (χ1) is 16.3. The van der Waals surface area contributed by atoms with Crippen LogP contribution in [-0.4, -0.2) is 72.5 Å². The number of ketones is 1. The number of amides is 4. The van der Waals surface area contributed by atoms with Crippen molar-refractivity contribution in [2.75, 3.05) is 26.3 Å². The third-order valence-electron chi connectivity index (χ3n) is 7.66. The van der Waals surface area contributed by atoms with Gasteiger partial charge in [-0.05, 0) is 38.0 Å². The summed E-state index contributed by atoms with van der Waals surface area (Å²) in [5, 5.41) is 8.77. The van der Waals surface area contributed by atoms with Gasteiger partial charge in [-0.1, -0.05) is 52.4 Å². The van der Waals surface area contributed by atoms with Gasteiger partial charge in [-0.25, -0.2) is 4.79 Å². The van der Waals surface area contributed by atoms with E-state index in [4.69, 9.17) is 4.74 Å². The van der Waals surface area contributed by atoms with Crippen molar-refractivity contribution in [2.24, 2.45) is 5.92 Å². The predicted octanol–water partition coefficient (Wildman–Crippen LogP) is 2.28. The predicted molar refractivity (Wildman–Crippen MR) is 128 cm³/mol. The summed E-state index contributed by atoms with van der Waals surface area (Å²) in [5.74, 6) is -1.40. The summed E-state index contributed by atoms with van der Waals surface area (Å²) in [6.45, 7) is 5.97. The number of carbonyl (C=O) groups is 4. The highest BCUT2D eigenvalue weighted by molar-refractivity contribution is 6.38. The fraction of sp³-hybridized carbons (Fsp3) is 0.840. The summed E-state index contributed by atoms with van der Waals surface area (Å²) < 4.78 is 5.33. The van der Waals surface area contributed by atoms with Gasteiger partial charge in [0.2, 0.25) is 11.7 Å². The van der Waals surface area contributed by atoms with Gasteiger partial charge in [-0.2, -0.15) is 0 Å². The van der Waals surface area contributed by atoms with Gasteiger partial charge in [0.05, 0.1) is 19.3 Å². The first-order valence-corrected chi connectivity index (χ1v) is 13.1. The fourth-order valence-electron chi connectivity index (χ4n) is 5.20. The van der Waals surface area contributed by atoms with Crippen LogP contribution in [0, 0.1) is 5.92 Å². The van der Waals surface area contributed by atoms with Crippen molar-refractivity contribution in [3.8, 4) is 0 Å². The number of ether oxygens (including phenoxy) is 1. The average Bonchev–Trinajstić information content (AvgIpc) is 3.37. The lowest BCUT2D eigenvalue weighted by molar-refractivity contribution is -0.141. The minimum absolute atomic E-state index is 0.0360. The molecule has 1 unspecified atom stereocenters. The molecule has 2 aliphatic carbocycles. The van der Waals surface area contributed by atoms with Crippen molar-refractivity contribution >= 4 is 23.6 Å². The average molecular weight is 479 g/mol. The molecule has 3 rings (SSSR count). The first-order valence-electron chi connectivity index (χ1n) is 13.1. The van der Waals surface area contributed by atoms with Crippen LogP contribution in [0.25, 0.3) is 0 Å². The van der Waals surface area contributed by atoms with Crippen LogP contribution in [0.3, 0.4) is 0 Å². The molecule has 2 atom stereocenters. The Morgan fingerprint density at radius 2 is 1.65 bits per heavy atom. The number of nitrogens with one attached hydrogen (secondary N) is 3. The maximum absolute atomic E-state index is 13.6. The van der Waals surface area contributed by atoms with Crippen LogP contribution in [0.15, 0.2) is 0 Å². The van der Waals surface area contributed by atoms with Gasteiger partial charge in [0, 0.05) is 19.1 Å². The van der Waals surface area contributed by atoms with Gasteiger partial charge < -0.3 is 25.6 Å². The Morgan fingerprint density at radius 1 is 1.00 bits per heavy atom. The Balaban J connectivity index is 1.72. The number of carbonyl (C=O) groups excluding carboxylic acids is 4. The molecule has 1 saturated heterocycles. The van der Waals surface area contributed by atoms with Crippen molar-refractivity contribution in [2.45, 2.75) is 102 Å². The van der Waals surface area contributed by atoms with E-state index >= 15 is 0 Å². The molecule has 2 saturated carbocycles. The van der Waals surface area contributed by atoms with E-state index in [1.807, 2.05) is 13.8 Å². The molecule has 4 amide bonds. The summed E-state index contributed by atoms with van der Waals surface area (Å²) in [6, 6.07) is -1.14. The van der Waals surface area contributed by atoms with Gasteiger partial charge in [0.1, 0.15) is 5.54 Å². The molecule has 1 heterocycles. The first kappa shape index (κ1) is 26.4. The Morgan fingerprint density at radius 3 is 2.26 bits per heavy atom. The molecule has 9 nitrogen and oxygen atoms in total. The molecule has 3 aliphatic rings. The van der Waals surface area contributed by atoms with E-state index in [1.165, 1.54) is 0 Å². The van der Waals surface area contributed by atoms with E-state index in [2.05, 4.69) is 16.0 Å². The number of hydrogen-bond donors (Lipinski definition) is 3. The second-order valence-electron chi connectivity index (χ2n) is 10.3. The zero-order valence-electron chi connectivity index (χ0n) is 20.8. The smallest absolute Gasteiger partial charge is 0.318 e. The van der Waals surface area contributed by atoms with Crippen LogP contribution >= 0.6 is 0 Å². The van der Waals surface area contributed by atoms with Gasteiger partial charge in [0.15, 0.2) is 0 Å². The van der Waals surface area contributed by atoms with Gasteiger partial charge in [-0.3, -0.25) is 14.4 Å². The van der Waals surface area contributed by atoms with Crippen LogP contribution in [-0.2, 0) is 19.1 Å². The summed E-state index contributed by atoms with van der Waals surface area (Å²) in [6.07, 6.45) is 8.80. The second-order valence-corrected chi connectivity index (χ2v) is 10.3. The maximum atomic E-state index is 13.6. The zero-order chi connectivity index (χ0) is 24.6. The Labute approximate surface area is 203 Å². The van der Waals surface area contributed by atoms with Crippen LogP contribution in [0.2, 0.25) is 0 Å². The van der Waals surface area contributed by atoms with E-state index < -0.39 is 23.3 Å². The molecular weight excluding hydrogens is 436 g/mol. The third-order valence-corrected chi connectivity index (χ3v) is 7.66. The number of morpholine rings is 1. The van der Waals surface area contributed by atoms with E-state index in [0.717, 1.165) is 51.4 Å². The van der Waals surface area contributed by atoms with Gasteiger partial charge >= 0.3 is 6.03 Å². The largest absolute Gasteiger partial charge is 0.378 e. The topological polar surface area (TPSA) is 117 Å². The highest BCUT2D eigenvalue weighted by Gasteiger charge is 2.44. The molecular formula is C25H42N4O5. The minimum atomic E-state index is -1.07. The molecule has 34 heavy (non-hydrogen) atoms. The van der Waals surface area contributed by atoms with Crippen molar-refractivity contribution in [1.82, 2.24) is 20.9 Å². The van der Waals surface area contributed by atoms with Crippen LogP contribution in [0.1, 0.15) is 84.5 Å². The van der Waals surface area contributed by atoms with Crippen LogP contribution in [0.4, 0.5) is 4.79 Å². The monoisotopic (exact) mass is 478 g/mol. The highest BCUT2D eigenvalue weighted by Crippen LogP contribution is 2.29. The third kappa shape index (κ3) is 6.93. The van der Waals surface area contributed by atoms with Gasteiger partial charge in [-0.15, -0.1) is 0 Å². The van der Waals surface area contributed by atoms with Gasteiger partial charge in [0.25, 0.3) is 5.91 Å². The van der Waals surface area contributed by atoms with Crippen molar-refractivity contribution in [3.63, 3.8) is 0 Å². The number of hydrogen-bond acceptors (Lipinski definition) is 5. The highest BCUT2D eigenvalue weighted by atomic mass is 16.5. The number of nitrogens with zero attached hydrogens (tertiary/aromatic N) is 1. The van der Waals surface area contributed by atoms with Crippen molar-refractivity contribution in [3.05, 3.63) is 0 Å². The molecule has 0 bridgehead atoms. The van der Waals surface area contributed by atoms with E-state index in [-0.39, 0.29) is 23.9 Å². The molecule has 0 radical (unpaired) electrons. The molecule has 3 N–H and O–H groups in total. The SMILES string of the molecule is CC[C@H](C)CC(NC(=O)C1(NC(=O)N2CCOCC2)CCCCC1)C(=O)C(=O)NC1CCCC1. The molecule has 9 heteroatoms. The van der Waals surface area contributed by atoms with E-state index in [9.17, 15) is 19.2 Å². The minimum Gasteiger partial charge on any atom is -0.378 e. The lowest BCUT2D eigenvalue weighted by Crippen LogP contribution is -2.65. The number of urea groups is 1. The number of rotatable bonds is 9. The second kappa shape index (κ2) is 12.5. The van der Waals surface area contributed by atoms with Crippen LogP contribution < -0.4 is 16.0 Å². The fourth-order valence-corrected chi connectivity index (χ4v) is 5.20. The summed E-state index contributed by atoms with van der Waals surface area (Å²) in [5.41, 5.74) is -1.07. The maximum Gasteiger partial charge on any atom is 0.318 e. The van der Waals surface area contributed by atoms with E-state index in [1.54, 1.807) is 4.90 Å². The van der Waals surface area contributed by atoms with Crippen LogP contribution in [0.5, 0.6) is 0 Å². The van der Waals surface area contributed by atoms with E-state index in [0.29, 0.717) is 45.6 Å². The Hall–Kier alpha value is -2.16. The summed E-state index contributed by atoms with van der Waals surface area (Å²) >= 11 is 0. The quantitative estimate of drug-likeness (QED) is 0.440. The van der Waals surface area contributed by atoms with Crippen molar-refractivity contribution < 1.29 is 23.9 Å². The summed E-state index contributed by atoms with van der Waals surface area (Å²) in [4.78, 5) is 54.1. The van der Waals surface area contributed by atoms with Crippen molar-refractivity contribution in [1.29, 1.82) is 0 Å². The lowest BCUT2D eigenvalue weighted by atomic mass is 9.80. The molecule has 0 aromatic carbocycles. The summed E-state index contributed by atoms with van der Waals surface area (Å²) in [7, 11) is 0. The molecule has 0 spiro atoms. The normalized spacial score (nSPS) is 22.5. The molecule has 3 fully saturated rings. The molecule has 1 aliphatic heterocycles.